The molecule has 2 amide bonds. The molecule has 1 aromatic rings. The summed E-state index contributed by atoms with van der Waals surface area (Å²) in [6, 6.07) is 5.86. The van der Waals surface area contributed by atoms with Gasteiger partial charge in [-0.1, -0.05) is 73.0 Å². The van der Waals surface area contributed by atoms with Gasteiger partial charge < -0.3 is 4.90 Å². The number of thioether (sulfide) groups is 1. The third kappa shape index (κ3) is 3.94. The van der Waals surface area contributed by atoms with Gasteiger partial charge in [-0.05, 0) is 38.0 Å². The lowest BCUT2D eigenvalue weighted by atomic mass is 10.1. The molecule has 2 heterocycles. The van der Waals surface area contributed by atoms with E-state index in [2.05, 4.69) is 22.9 Å². The Morgan fingerprint density at radius 3 is 2.57 bits per heavy atom. The molecule has 2 aliphatic rings. The number of nitrogens with zero attached hydrogens (tertiary/aromatic N) is 2. The van der Waals surface area contributed by atoms with Gasteiger partial charge in [-0.2, -0.15) is 0 Å². The number of rotatable bonds is 7. The molecular weight excluding hydrogens is 456 g/mol. The number of unbranched alkanes of at least 4 members (excludes halogenated alkanes) is 3. The molecule has 0 spiro atoms. The second-order valence-electron chi connectivity index (χ2n) is 7.18. The van der Waals surface area contributed by atoms with Crippen molar-refractivity contribution >= 4 is 67.3 Å². The molecule has 2 aliphatic heterocycles. The lowest BCUT2D eigenvalue weighted by Gasteiger charge is -2.21. The molecule has 1 unspecified atom stereocenters. The SMILES string of the molecule is CCCCCCN1C(=O)/C(=C2\SC(=S)N(C(C)CC)C2=O)c2cc(Br)ccc21. The Morgan fingerprint density at radius 1 is 1.14 bits per heavy atom. The van der Waals surface area contributed by atoms with E-state index in [1.165, 1.54) is 11.8 Å². The van der Waals surface area contributed by atoms with Crippen molar-refractivity contribution in [1.29, 1.82) is 0 Å². The lowest BCUT2D eigenvalue weighted by molar-refractivity contribution is -0.123. The summed E-state index contributed by atoms with van der Waals surface area (Å²) in [6.07, 6.45) is 5.18. The van der Waals surface area contributed by atoms with Crippen molar-refractivity contribution in [2.24, 2.45) is 0 Å². The summed E-state index contributed by atoms with van der Waals surface area (Å²) in [5.74, 6) is -0.235. The Kier molecular flexibility index (Phi) is 6.99. The summed E-state index contributed by atoms with van der Waals surface area (Å²) >= 11 is 10.2. The maximum atomic E-state index is 13.3. The first kappa shape index (κ1) is 21.5. The maximum absolute atomic E-state index is 13.3. The topological polar surface area (TPSA) is 40.6 Å². The quantitative estimate of drug-likeness (QED) is 0.283. The van der Waals surface area contributed by atoms with E-state index in [-0.39, 0.29) is 17.9 Å². The van der Waals surface area contributed by atoms with Crippen LogP contribution in [0.4, 0.5) is 5.69 Å². The van der Waals surface area contributed by atoms with Crippen molar-refractivity contribution in [2.75, 3.05) is 11.4 Å². The van der Waals surface area contributed by atoms with E-state index in [0.717, 1.165) is 47.8 Å². The smallest absolute Gasteiger partial charge is 0.267 e. The zero-order valence-corrected chi connectivity index (χ0v) is 19.7. The second kappa shape index (κ2) is 9.09. The molecule has 4 nitrogen and oxygen atoms in total. The van der Waals surface area contributed by atoms with Gasteiger partial charge in [0.25, 0.3) is 11.8 Å². The molecule has 0 radical (unpaired) electrons. The summed E-state index contributed by atoms with van der Waals surface area (Å²) < 4.78 is 1.43. The number of anilines is 1. The lowest BCUT2D eigenvalue weighted by Crippen LogP contribution is -2.36. The van der Waals surface area contributed by atoms with Gasteiger partial charge in [-0.15, -0.1) is 0 Å². The maximum Gasteiger partial charge on any atom is 0.267 e. The highest BCUT2D eigenvalue weighted by Crippen LogP contribution is 2.46. The van der Waals surface area contributed by atoms with Crippen molar-refractivity contribution in [3.8, 4) is 0 Å². The van der Waals surface area contributed by atoms with E-state index in [4.69, 9.17) is 12.2 Å². The number of fused-ring (bicyclic) bond motifs is 1. The Bertz CT molecular complexity index is 853. The minimum Gasteiger partial charge on any atom is -0.308 e. The van der Waals surface area contributed by atoms with Crippen molar-refractivity contribution in [3.63, 3.8) is 0 Å². The Balaban J connectivity index is 2.01. The Morgan fingerprint density at radius 2 is 1.89 bits per heavy atom. The molecule has 0 aliphatic carbocycles. The normalized spacial score (nSPS) is 20.4. The van der Waals surface area contributed by atoms with Gasteiger partial charge in [0.1, 0.15) is 4.32 Å². The molecule has 3 rings (SSSR count). The predicted octanol–water partition coefficient (Wildman–Crippen LogP) is 5.75. The summed E-state index contributed by atoms with van der Waals surface area (Å²) in [6.45, 7) is 6.86. The number of hydrogen-bond donors (Lipinski definition) is 0. The molecule has 28 heavy (non-hydrogen) atoms. The highest BCUT2D eigenvalue weighted by Gasteiger charge is 2.42. The summed E-state index contributed by atoms with van der Waals surface area (Å²) in [4.78, 5) is 30.4. The van der Waals surface area contributed by atoms with Gasteiger partial charge in [0.05, 0.1) is 16.2 Å². The van der Waals surface area contributed by atoms with Gasteiger partial charge >= 0.3 is 0 Å². The van der Waals surface area contributed by atoms with Crippen molar-refractivity contribution in [2.45, 2.75) is 58.9 Å². The second-order valence-corrected chi connectivity index (χ2v) is 9.74. The average molecular weight is 481 g/mol. The molecule has 0 saturated carbocycles. The molecule has 0 bridgehead atoms. The van der Waals surface area contributed by atoms with Gasteiger partial charge in [0.2, 0.25) is 0 Å². The highest BCUT2D eigenvalue weighted by molar-refractivity contribution is 9.10. The zero-order valence-electron chi connectivity index (χ0n) is 16.5. The number of amides is 2. The van der Waals surface area contributed by atoms with Crippen LogP contribution in [0.5, 0.6) is 0 Å². The first-order valence-corrected chi connectivity index (χ1v) is 11.8. The average Bonchev–Trinajstić information content (AvgIpc) is 3.10. The fraction of sp³-hybridized carbons (Fsp3) is 0.476. The molecule has 7 heteroatoms. The van der Waals surface area contributed by atoms with Crippen LogP contribution in [0.25, 0.3) is 5.57 Å². The summed E-state index contributed by atoms with van der Waals surface area (Å²) in [7, 11) is 0. The van der Waals surface area contributed by atoms with Gasteiger partial charge in [-0.3, -0.25) is 14.5 Å². The van der Waals surface area contributed by atoms with Crippen LogP contribution in [-0.4, -0.2) is 33.6 Å². The minimum atomic E-state index is -0.147. The van der Waals surface area contributed by atoms with Crippen molar-refractivity contribution in [3.05, 3.63) is 33.1 Å². The Labute approximate surface area is 184 Å². The zero-order chi connectivity index (χ0) is 20.4. The van der Waals surface area contributed by atoms with E-state index >= 15 is 0 Å². The third-order valence-corrected chi connectivity index (χ3v) is 7.16. The van der Waals surface area contributed by atoms with Crippen LogP contribution in [-0.2, 0) is 9.59 Å². The van der Waals surface area contributed by atoms with E-state index < -0.39 is 0 Å². The first-order chi connectivity index (χ1) is 13.4. The summed E-state index contributed by atoms with van der Waals surface area (Å²) in [5.41, 5.74) is 2.20. The van der Waals surface area contributed by atoms with E-state index in [9.17, 15) is 9.59 Å². The monoisotopic (exact) mass is 480 g/mol. The van der Waals surface area contributed by atoms with E-state index in [0.29, 0.717) is 21.3 Å². The predicted molar refractivity (Wildman–Crippen MR) is 124 cm³/mol. The Hall–Kier alpha value is -1.18. The highest BCUT2D eigenvalue weighted by atomic mass is 79.9. The fourth-order valence-electron chi connectivity index (χ4n) is 3.53. The number of thiocarbonyl (C=S) groups is 1. The van der Waals surface area contributed by atoms with Crippen LogP contribution in [0.1, 0.15) is 58.4 Å². The molecule has 1 saturated heterocycles. The minimum absolute atomic E-state index is 0.0224. The standard InChI is InChI=1S/C21H25BrN2O2S2/c1-4-6-7-8-11-23-16-10-9-14(22)12-15(16)17(19(23)25)18-20(26)24(13(3)5-2)21(27)28-18/h9-10,12-13H,4-8,11H2,1-3H3/b18-17-. The van der Waals surface area contributed by atoms with Crippen LogP contribution >= 0.6 is 39.9 Å². The van der Waals surface area contributed by atoms with Crippen LogP contribution in [0, 0.1) is 0 Å². The molecule has 0 aromatic heterocycles. The molecule has 150 valence electrons. The van der Waals surface area contributed by atoms with Gasteiger partial charge in [0.15, 0.2) is 0 Å². The number of hydrogen-bond acceptors (Lipinski definition) is 4. The van der Waals surface area contributed by atoms with Crippen molar-refractivity contribution < 1.29 is 9.59 Å². The molecular formula is C21H25BrN2O2S2. The fourth-order valence-corrected chi connectivity index (χ4v) is 5.43. The van der Waals surface area contributed by atoms with Crippen molar-refractivity contribution in [1.82, 2.24) is 4.90 Å². The van der Waals surface area contributed by atoms with Crippen LogP contribution < -0.4 is 4.90 Å². The molecule has 1 fully saturated rings. The number of halogens is 1. The molecule has 1 atom stereocenters. The number of benzene rings is 1. The van der Waals surface area contributed by atoms with Crippen LogP contribution in [0.2, 0.25) is 0 Å². The van der Waals surface area contributed by atoms with E-state index in [1.807, 2.05) is 36.9 Å². The number of carbonyl (C=O) groups excluding carboxylic acids is 2. The third-order valence-electron chi connectivity index (χ3n) is 5.27. The molecule has 1 aromatic carbocycles. The molecule has 0 N–H and O–H groups in total. The van der Waals surface area contributed by atoms with Crippen LogP contribution in [0.15, 0.2) is 27.6 Å². The first-order valence-electron chi connectivity index (χ1n) is 9.82. The van der Waals surface area contributed by atoms with Gasteiger partial charge in [-0.25, -0.2) is 0 Å². The summed E-state index contributed by atoms with van der Waals surface area (Å²) in [5, 5.41) is 0. The van der Waals surface area contributed by atoms with E-state index in [1.54, 1.807) is 4.90 Å². The largest absolute Gasteiger partial charge is 0.308 e. The van der Waals surface area contributed by atoms with Crippen LogP contribution in [0.3, 0.4) is 0 Å². The number of carbonyl (C=O) groups is 2. The van der Waals surface area contributed by atoms with Gasteiger partial charge in [0, 0.05) is 22.6 Å².